The Bertz CT molecular complexity index is 1490. The van der Waals surface area contributed by atoms with Crippen LogP contribution >= 0.6 is 0 Å². The van der Waals surface area contributed by atoms with Crippen LogP contribution in [-0.4, -0.2) is 58.0 Å². The molecule has 4 bridgehead atoms. The summed E-state index contributed by atoms with van der Waals surface area (Å²) in [4.78, 5) is 15.2. The predicted octanol–water partition coefficient (Wildman–Crippen LogP) is 6.19. The standard InChI is InChI=1S/C38H47N3O6/c1-41(22-34(44)30-3-2-4-32(43)16-30)21-33-17-35(28-7-5-24(23-42)6-8-28)47-36(46-33)29-9-11-31(12-10-29)39-37(45)40-38-18-25-13-26(19-38)15-27(14-25)20-38/h2-12,16,25-27,33-36,42-44H,13-15,17-23H2,1H3,(H2,39,40,45). The van der Waals surface area contributed by atoms with E-state index in [1.807, 2.05) is 60.5 Å². The van der Waals surface area contributed by atoms with E-state index in [4.69, 9.17) is 9.47 Å². The van der Waals surface area contributed by atoms with Gasteiger partial charge >= 0.3 is 6.03 Å². The van der Waals surface area contributed by atoms with E-state index in [1.165, 1.54) is 19.3 Å². The number of anilines is 1. The van der Waals surface area contributed by atoms with Crippen molar-refractivity contribution in [3.8, 4) is 5.75 Å². The van der Waals surface area contributed by atoms with E-state index >= 15 is 0 Å². The van der Waals surface area contributed by atoms with Gasteiger partial charge in [-0.3, -0.25) is 0 Å². The molecule has 9 heteroatoms. The van der Waals surface area contributed by atoms with E-state index < -0.39 is 12.4 Å². The van der Waals surface area contributed by atoms with Gasteiger partial charge in [0.25, 0.3) is 0 Å². The molecule has 1 heterocycles. The number of amides is 2. The maximum absolute atomic E-state index is 13.1. The molecule has 250 valence electrons. The first-order valence-electron chi connectivity index (χ1n) is 17.1. The Morgan fingerprint density at radius 3 is 2.21 bits per heavy atom. The predicted molar refractivity (Wildman–Crippen MR) is 178 cm³/mol. The van der Waals surface area contributed by atoms with Gasteiger partial charge in [0.2, 0.25) is 0 Å². The lowest BCUT2D eigenvalue weighted by atomic mass is 9.53. The molecule has 4 atom stereocenters. The van der Waals surface area contributed by atoms with E-state index in [9.17, 15) is 20.1 Å². The normalized spacial score (nSPS) is 30.3. The molecule has 2 amide bonds. The van der Waals surface area contributed by atoms with Crippen LogP contribution in [0.5, 0.6) is 5.75 Å². The minimum atomic E-state index is -0.759. The summed E-state index contributed by atoms with van der Waals surface area (Å²) in [6.07, 6.45) is 6.13. The summed E-state index contributed by atoms with van der Waals surface area (Å²) in [5.74, 6) is 2.42. The number of phenols is 1. The van der Waals surface area contributed by atoms with Gasteiger partial charge in [-0.1, -0.05) is 48.5 Å². The van der Waals surface area contributed by atoms with Gasteiger partial charge in [0.05, 0.1) is 24.9 Å². The van der Waals surface area contributed by atoms with Crippen LogP contribution in [0.1, 0.15) is 85.7 Å². The summed E-state index contributed by atoms with van der Waals surface area (Å²) in [7, 11) is 1.94. The number of nitrogens with zero attached hydrogens (tertiary/aromatic N) is 1. The second kappa shape index (κ2) is 13.6. The fourth-order valence-corrected chi connectivity index (χ4v) is 8.98. The van der Waals surface area contributed by atoms with Gasteiger partial charge in [-0.2, -0.15) is 0 Å². The lowest BCUT2D eigenvalue weighted by Crippen LogP contribution is -2.60. The maximum Gasteiger partial charge on any atom is 0.319 e. The Morgan fingerprint density at radius 2 is 1.57 bits per heavy atom. The first-order valence-corrected chi connectivity index (χ1v) is 17.1. The van der Waals surface area contributed by atoms with Gasteiger partial charge in [0.1, 0.15) is 5.75 Å². The Kier molecular flexibility index (Phi) is 9.26. The highest BCUT2D eigenvalue weighted by molar-refractivity contribution is 5.89. The van der Waals surface area contributed by atoms with Crippen molar-refractivity contribution in [2.24, 2.45) is 17.8 Å². The molecule has 1 aliphatic heterocycles. The Balaban J connectivity index is 1.01. The number of likely N-dealkylation sites (N-methyl/N-ethyl adjacent to an activating group) is 1. The third-order valence-electron chi connectivity index (χ3n) is 10.7. The number of aliphatic hydroxyl groups excluding tert-OH is 2. The van der Waals surface area contributed by atoms with Crippen molar-refractivity contribution in [1.82, 2.24) is 10.2 Å². The van der Waals surface area contributed by atoms with Crippen molar-refractivity contribution >= 4 is 11.7 Å². The summed E-state index contributed by atoms with van der Waals surface area (Å²) < 4.78 is 13.0. The number of ether oxygens (including phenoxy) is 2. The molecule has 4 saturated carbocycles. The minimum absolute atomic E-state index is 0.0204. The molecule has 47 heavy (non-hydrogen) atoms. The molecule has 3 aromatic rings. The van der Waals surface area contributed by atoms with Crippen LogP contribution < -0.4 is 10.6 Å². The first kappa shape index (κ1) is 32.1. The lowest BCUT2D eigenvalue weighted by Gasteiger charge is -2.56. The number of benzene rings is 3. The topological polar surface area (TPSA) is 124 Å². The van der Waals surface area contributed by atoms with Crippen molar-refractivity contribution in [2.45, 2.75) is 81.7 Å². The van der Waals surface area contributed by atoms with Gasteiger partial charge in [-0.25, -0.2) is 4.79 Å². The number of nitrogens with one attached hydrogen (secondary N) is 2. The van der Waals surface area contributed by atoms with E-state index in [0.717, 1.165) is 59.4 Å². The molecule has 4 aliphatic carbocycles. The second-order valence-corrected chi connectivity index (χ2v) is 14.6. The van der Waals surface area contributed by atoms with Crippen molar-refractivity contribution in [2.75, 3.05) is 25.5 Å². The fraction of sp³-hybridized carbons (Fsp3) is 0.500. The van der Waals surface area contributed by atoms with E-state index in [2.05, 4.69) is 10.6 Å². The Hall–Kier alpha value is -3.47. The van der Waals surface area contributed by atoms with E-state index in [-0.39, 0.29) is 36.1 Å². The molecule has 5 aliphatic rings. The highest BCUT2D eigenvalue weighted by Crippen LogP contribution is 2.55. The second-order valence-electron chi connectivity index (χ2n) is 14.6. The SMILES string of the molecule is CN(CC1CC(c2ccc(CO)cc2)OC(c2ccc(NC(=O)NC34CC5CC(CC(C5)C3)C4)cc2)O1)CC(O)c1cccc(O)c1. The van der Waals surface area contributed by atoms with Gasteiger partial charge in [0.15, 0.2) is 6.29 Å². The number of hydrogen-bond acceptors (Lipinski definition) is 7. The van der Waals surface area contributed by atoms with Crippen LogP contribution in [0.3, 0.4) is 0 Å². The third kappa shape index (κ3) is 7.50. The Labute approximate surface area is 276 Å². The highest BCUT2D eigenvalue weighted by Gasteiger charge is 2.51. The molecule has 8 rings (SSSR count). The van der Waals surface area contributed by atoms with Crippen molar-refractivity contribution < 1.29 is 29.6 Å². The Morgan fingerprint density at radius 1 is 0.915 bits per heavy atom. The largest absolute Gasteiger partial charge is 0.508 e. The summed E-state index contributed by atoms with van der Waals surface area (Å²) in [6, 6.07) is 22.0. The molecule has 1 saturated heterocycles. The van der Waals surface area contributed by atoms with Gasteiger partial charge in [0, 0.05) is 36.3 Å². The number of aliphatic hydroxyl groups is 2. The number of carbonyl (C=O) groups excluding carboxylic acids is 1. The number of carbonyl (C=O) groups is 1. The molecule has 0 radical (unpaired) electrons. The van der Waals surface area contributed by atoms with Crippen LogP contribution in [0.15, 0.2) is 72.8 Å². The molecule has 5 N–H and O–H groups in total. The van der Waals surface area contributed by atoms with Crippen LogP contribution in [0.25, 0.3) is 0 Å². The number of hydrogen-bond donors (Lipinski definition) is 5. The quantitative estimate of drug-likeness (QED) is 0.179. The molecular weight excluding hydrogens is 594 g/mol. The zero-order valence-corrected chi connectivity index (χ0v) is 27.1. The summed E-state index contributed by atoms with van der Waals surface area (Å²) in [5.41, 5.74) is 4.02. The monoisotopic (exact) mass is 641 g/mol. The third-order valence-corrected chi connectivity index (χ3v) is 10.7. The average Bonchev–Trinajstić information content (AvgIpc) is 3.04. The lowest BCUT2D eigenvalue weighted by molar-refractivity contribution is -0.252. The highest BCUT2D eigenvalue weighted by atomic mass is 16.7. The van der Waals surface area contributed by atoms with Crippen LogP contribution in [0, 0.1) is 17.8 Å². The van der Waals surface area contributed by atoms with Gasteiger partial charge in [-0.05, 0) is 104 Å². The smallest absolute Gasteiger partial charge is 0.319 e. The molecule has 5 fully saturated rings. The van der Waals surface area contributed by atoms with Crippen molar-refractivity contribution in [3.63, 3.8) is 0 Å². The van der Waals surface area contributed by atoms with Crippen molar-refractivity contribution in [3.05, 3.63) is 95.1 Å². The summed E-state index contributed by atoms with van der Waals surface area (Å²) in [5, 5.41) is 36.6. The average molecular weight is 642 g/mol. The van der Waals surface area contributed by atoms with E-state index in [0.29, 0.717) is 25.1 Å². The van der Waals surface area contributed by atoms with Crippen LogP contribution in [0.4, 0.5) is 10.5 Å². The molecule has 0 spiro atoms. The van der Waals surface area contributed by atoms with E-state index in [1.54, 1.807) is 24.3 Å². The number of aromatic hydroxyl groups is 1. The molecule has 3 aromatic carbocycles. The van der Waals surface area contributed by atoms with Gasteiger partial charge in [-0.15, -0.1) is 0 Å². The number of rotatable bonds is 10. The number of urea groups is 1. The molecular formula is C38H47N3O6. The van der Waals surface area contributed by atoms with Crippen LogP contribution in [-0.2, 0) is 16.1 Å². The summed E-state index contributed by atoms with van der Waals surface area (Å²) in [6.45, 7) is 0.912. The van der Waals surface area contributed by atoms with Crippen molar-refractivity contribution in [1.29, 1.82) is 0 Å². The zero-order valence-electron chi connectivity index (χ0n) is 27.1. The first-order chi connectivity index (χ1) is 22.7. The minimum Gasteiger partial charge on any atom is -0.508 e. The molecule has 0 aromatic heterocycles. The van der Waals surface area contributed by atoms with Crippen LogP contribution in [0.2, 0.25) is 0 Å². The molecule has 4 unspecified atom stereocenters. The fourth-order valence-electron chi connectivity index (χ4n) is 8.98. The molecule has 9 nitrogen and oxygen atoms in total. The summed E-state index contributed by atoms with van der Waals surface area (Å²) >= 11 is 0. The number of phenolic OH excluding ortho intramolecular Hbond substituents is 1. The van der Waals surface area contributed by atoms with Gasteiger partial charge < -0.3 is 40.3 Å². The maximum atomic E-state index is 13.1. The zero-order chi connectivity index (χ0) is 32.5.